The van der Waals surface area contributed by atoms with Crippen LogP contribution in [0.2, 0.25) is 0 Å². The molecule has 0 saturated carbocycles. The van der Waals surface area contributed by atoms with Gasteiger partial charge < -0.3 is 10.2 Å². The maximum Gasteiger partial charge on any atom is 0.317 e. The number of benzene rings is 1. The molecule has 3 rings (SSSR count). The third-order valence-electron chi connectivity index (χ3n) is 5.90. The van der Waals surface area contributed by atoms with Crippen molar-refractivity contribution in [1.29, 1.82) is 0 Å². The Morgan fingerprint density at radius 2 is 1.92 bits per heavy atom. The van der Waals surface area contributed by atoms with Crippen molar-refractivity contribution in [3.05, 3.63) is 35.6 Å². The number of halogens is 1. The van der Waals surface area contributed by atoms with Crippen LogP contribution >= 0.6 is 0 Å². The first-order valence-electron chi connectivity index (χ1n) is 9.41. The topological polar surface area (TPSA) is 35.6 Å². The first kappa shape index (κ1) is 18.2. The molecule has 1 aromatic carbocycles. The van der Waals surface area contributed by atoms with Gasteiger partial charge in [-0.1, -0.05) is 26.0 Å². The number of nitrogens with zero attached hydrogens (tertiary/aromatic N) is 2. The third-order valence-corrected chi connectivity index (χ3v) is 5.90. The van der Waals surface area contributed by atoms with E-state index < -0.39 is 0 Å². The lowest BCUT2D eigenvalue weighted by molar-refractivity contribution is -0.109. The fraction of sp³-hybridized carbons (Fsp3) is 0.650. The first-order valence-corrected chi connectivity index (χ1v) is 9.41. The van der Waals surface area contributed by atoms with Crippen LogP contribution in [0.1, 0.15) is 44.7 Å². The van der Waals surface area contributed by atoms with Crippen molar-refractivity contribution in [2.75, 3.05) is 33.2 Å². The van der Waals surface area contributed by atoms with Crippen LogP contribution in [0.15, 0.2) is 24.3 Å². The van der Waals surface area contributed by atoms with E-state index in [0.29, 0.717) is 12.0 Å². The number of carbonyl (C=O) groups is 1. The Hall–Kier alpha value is -1.62. The molecular formula is C20H30FN3O. The van der Waals surface area contributed by atoms with Crippen molar-refractivity contribution in [3.63, 3.8) is 0 Å². The number of piperidine rings is 1. The Balaban J connectivity index is 1.75. The zero-order chi connectivity index (χ0) is 18.0. The summed E-state index contributed by atoms with van der Waals surface area (Å²) in [7, 11) is 1.69. The minimum absolute atomic E-state index is 0.0177. The Morgan fingerprint density at radius 1 is 1.28 bits per heavy atom. The molecule has 2 heterocycles. The lowest BCUT2D eigenvalue weighted by Crippen LogP contribution is -2.63. The molecular weight excluding hydrogens is 317 g/mol. The van der Waals surface area contributed by atoms with Crippen LogP contribution in [0.5, 0.6) is 0 Å². The molecule has 2 aliphatic rings. The first-order chi connectivity index (χ1) is 11.9. The molecule has 0 bridgehead atoms. The van der Waals surface area contributed by atoms with Crippen molar-refractivity contribution >= 4 is 6.03 Å². The maximum absolute atomic E-state index is 13.4. The van der Waals surface area contributed by atoms with E-state index in [0.717, 1.165) is 39.0 Å². The summed E-state index contributed by atoms with van der Waals surface area (Å²) in [6.07, 6.45) is 3.21. The lowest BCUT2D eigenvalue weighted by Gasteiger charge is -2.61. The largest absolute Gasteiger partial charge is 0.341 e. The standard InChI is InChI=1S/C20H30FN3O/c1-15(2)8-11-24-14-20(9-12-23(13-10-20)19(25)22-3)18(24)16-4-6-17(21)7-5-16/h4-7,15,18H,8-14H2,1-3H3,(H,22,25). The molecule has 1 unspecified atom stereocenters. The highest BCUT2D eigenvalue weighted by Gasteiger charge is 2.53. The van der Waals surface area contributed by atoms with Crippen LogP contribution in [-0.4, -0.2) is 49.1 Å². The summed E-state index contributed by atoms with van der Waals surface area (Å²) in [5.74, 6) is 0.501. The number of urea groups is 1. The van der Waals surface area contributed by atoms with Gasteiger partial charge in [0.1, 0.15) is 5.82 Å². The second kappa shape index (κ2) is 7.32. The predicted octanol–water partition coefficient (Wildman–Crippen LogP) is 3.65. The summed E-state index contributed by atoms with van der Waals surface area (Å²) in [4.78, 5) is 16.3. The van der Waals surface area contributed by atoms with Crippen LogP contribution in [-0.2, 0) is 0 Å². The smallest absolute Gasteiger partial charge is 0.317 e. The Bertz CT molecular complexity index is 593. The number of hydrogen-bond donors (Lipinski definition) is 1. The molecule has 1 aromatic rings. The molecule has 0 aliphatic carbocycles. The molecule has 1 atom stereocenters. The minimum atomic E-state index is -0.180. The third kappa shape index (κ3) is 3.66. The van der Waals surface area contributed by atoms with Gasteiger partial charge >= 0.3 is 6.03 Å². The van der Waals surface area contributed by atoms with E-state index in [1.54, 1.807) is 19.2 Å². The van der Waals surface area contributed by atoms with Crippen LogP contribution in [0.25, 0.3) is 0 Å². The van der Waals surface area contributed by atoms with Gasteiger partial charge in [-0.3, -0.25) is 4.90 Å². The van der Waals surface area contributed by atoms with Crippen LogP contribution < -0.4 is 5.32 Å². The summed E-state index contributed by atoms with van der Waals surface area (Å²) < 4.78 is 13.4. The molecule has 2 fully saturated rings. The van der Waals surface area contributed by atoms with Gasteiger partial charge in [0.15, 0.2) is 0 Å². The summed E-state index contributed by atoms with van der Waals surface area (Å²) in [6.45, 7) is 8.28. The second-order valence-corrected chi connectivity index (χ2v) is 8.01. The molecule has 0 radical (unpaired) electrons. The van der Waals surface area contributed by atoms with Gasteiger partial charge in [-0.15, -0.1) is 0 Å². The van der Waals surface area contributed by atoms with Gasteiger partial charge in [0.25, 0.3) is 0 Å². The summed E-state index contributed by atoms with van der Waals surface area (Å²) >= 11 is 0. The van der Waals surface area contributed by atoms with Gasteiger partial charge in [-0.05, 0) is 49.4 Å². The highest BCUT2D eigenvalue weighted by atomic mass is 19.1. The fourth-order valence-electron chi connectivity index (χ4n) is 4.44. The quantitative estimate of drug-likeness (QED) is 0.902. The van der Waals surface area contributed by atoms with Gasteiger partial charge in [0, 0.05) is 38.1 Å². The van der Waals surface area contributed by atoms with E-state index in [9.17, 15) is 9.18 Å². The number of amides is 2. The van der Waals surface area contributed by atoms with Gasteiger partial charge in [-0.2, -0.15) is 0 Å². The van der Waals surface area contributed by atoms with Gasteiger partial charge in [0.2, 0.25) is 0 Å². The summed E-state index contributed by atoms with van der Waals surface area (Å²) in [6, 6.07) is 7.38. The van der Waals surface area contributed by atoms with E-state index in [-0.39, 0.29) is 17.3 Å². The van der Waals surface area contributed by atoms with Crippen molar-refractivity contribution in [2.45, 2.75) is 39.2 Å². The van der Waals surface area contributed by atoms with E-state index >= 15 is 0 Å². The van der Waals surface area contributed by atoms with Crippen LogP contribution in [0, 0.1) is 17.2 Å². The van der Waals surface area contributed by atoms with E-state index in [2.05, 4.69) is 24.1 Å². The Kier molecular flexibility index (Phi) is 5.32. The van der Waals surface area contributed by atoms with Crippen molar-refractivity contribution in [2.24, 2.45) is 11.3 Å². The van der Waals surface area contributed by atoms with Gasteiger partial charge in [-0.25, -0.2) is 9.18 Å². The molecule has 1 N–H and O–H groups in total. The van der Waals surface area contributed by atoms with Gasteiger partial charge in [0.05, 0.1) is 0 Å². The van der Waals surface area contributed by atoms with Crippen LogP contribution in [0.3, 0.4) is 0 Å². The Labute approximate surface area is 150 Å². The number of nitrogens with one attached hydrogen (secondary N) is 1. The highest BCUT2D eigenvalue weighted by Crippen LogP contribution is 2.55. The predicted molar refractivity (Wildman–Crippen MR) is 97.9 cm³/mol. The molecule has 2 amide bonds. The molecule has 1 spiro atoms. The molecule has 25 heavy (non-hydrogen) atoms. The van der Waals surface area contributed by atoms with E-state index in [1.165, 1.54) is 12.0 Å². The van der Waals surface area contributed by atoms with E-state index in [4.69, 9.17) is 0 Å². The zero-order valence-corrected chi connectivity index (χ0v) is 15.6. The van der Waals surface area contributed by atoms with E-state index in [1.807, 2.05) is 17.0 Å². The second-order valence-electron chi connectivity index (χ2n) is 8.01. The van der Waals surface area contributed by atoms with Crippen molar-refractivity contribution in [1.82, 2.24) is 15.1 Å². The summed E-state index contributed by atoms with van der Waals surface area (Å²) in [5, 5.41) is 2.72. The molecule has 2 aliphatic heterocycles. The average Bonchev–Trinajstić information content (AvgIpc) is 2.60. The minimum Gasteiger partial charge on any atom is -0.341 e. The number of likely N-dealkylation sites (tertiary alicyclic amines) is 2. The monoisotopic (exact) mass is 347 g/mol. The SMILES string of the molecule is CNC(=O)N1CCC2(CC1)CN(CCC(C)C)C2c1ccc(F)cc1. The summed E-state index contributed by atoms with van der Waals surface area (Å²) in [5.41, 5.74) is 1.43. The van der Waals surface area contributed by atoms with Crippen LogP contribution in [0.4, 0.5) is 9.18 Å². The molecule has 0 aromatic heterocycles. The maximum atomic E-state index is 13.4. The Morgan fingerprint density at radius 3 is 2.48 bits per heavy atom. The number of carbonyl (C=O) groups excluding carboxylic acids is 1. The molecule has 2 saturated heterocycles. The average molecular weight is 347 g/mol. The molecule has 4 nitrogen and oxygen atoms in total. The van der Waals surface area contributed by atoms with Crippen molar-refractivity contribution < 1.29 is 9.18 Å². The lowest BCUT2D eigenvalue weighted by atomic mass is 9.63. The molecule has 5 heteroatoms. The number of rotatable bonds is 4. The fourth-order valence-corrected chi connectivity index (χ4v) is 4.44. The number of hydrogen-bond acceptors (Lipinski definition) is 2. The van der Waals surface area contributed by atoms with Crippen molar-refractivity contribution in [3.8, 4) is 0 Å². The normalized spacial score (nSPS) is 22.9. The zero-order valence-electron chi connectivity index (χ0n) is 15.6. The highest BCUT2D eigenvalue weighted by molar-refractivity contribution is 5.73. The molecule has 138 valence electrons.